The molecule has 2 heteroatoms. The highest BCUT2D eigenvalue weighted by molar-refractivity contribution is 4.88. The van der Waals surface area contributed by atoms with E-state index < -0.39 is 0 Å². The van der Waals surface area contributed by atoms with Crippen molar-refractivity contribution in [1.82, 2.24) is 10.2 Å². The number of nitrogens with zero attached hydrogens (tertiary/aromatic N) is 1. The summed E-state index contributed by atoms with van der Waals surface area (Å²) in [7, 11) is 2.31. The van der Waals surface area contributed by atoms with E-state index in [-0.39, 0.29) is 0 Å². The first-order chi connectivity index (χ1) is 6.79. The predicted octanol–water partition coefficient (Wildman–Crippen LogP) is 1.86. The maximum atomic E-state index is 3.36. The van der Waals surface area contributed by atoms with E-state index in [0.29, 0.717) is 0 Å². The van der Waals surface area contributed by atoms with E-state index in [2.05, 4.69) is 24.2 Å². The van der Waals surface area contributed by atoms with Gasteiger partial charge in [0.25, 0.3) is 0 Å². The Hall–Kier alpha value is -0.0800. The van der Waals surface area contributed by atoms with E-state index in [4.69, 9.17) is 0 Å². The monoisotopic (exact) mass is 196 g/mol. The lowest BCUT2D eigenvalue weighted by atomic mass is 9.83. The number of likely N-dealkylation sites (N-methyl/N-ethyl adjacent to an activating group) is 1. The Morgan fingerprint density at radius 1 is 1.14 bits per heavy atom. The molecule has 0 aromatic carbocycles. The normalized spacial score (nSPS) is 27.6. The molecule has 0 radical (unpaired) electrons. The molecule has 0 aromatic heterocycles. The molecular formula is C12H24N2. The van der Waals surface area contributed by atoms with Crippen LogP contribution in [0.3, 0.4) is 0 Å². The first-order valence-electron chi connectivity index (χ1n) is 6.21. The maximum absolute atomic E-state index is 3.36. The molecule has 1 N–H and O–H groups in total. The van der Waals surface area contributed by atoms with Crippen LogP contribution in [0.15, 0.2) is 0 Å². The molecule has 2 rings (SSSR count). The van der Waals surface area contributed by atoms with Crippen molar-refractivity contribution < 1.29 is 0 Å². The van der Waals surface area contributed by atoms with E-state index >= 15 is 0 Å². The molecule has 0 spiro atoms. The van der Waals surface area contributed by atoms with Crippen LogP contribution in [0.25, 0.3) is 0 Å². The number of hydrogen-bond acceptors (Lipinski definition) is 2. The zero-order chi connectivity index (χ0) is 9.97. The summed E-state index contributed by atoms with van der Waals surface area (Å²) in [6.07, 6.45) is 7.33. The number of nitrogens with one attached hydrogen (secondary N) is 1. The van der Waals surface area contributed by atoms with E-state index in [1.165, 1.54) is 45.2 Å². The molecule has 0 aromatic rings. The van der Waals surface area contributed by atoms with Crippen LogP contribution in [0.1, 0.15) is 39.0 Å². The average molecular weight is 196 g/mol. The summed E-state index contributed by atoms with van der Waals surface area (Å²) in [4.78, 5) is 2.60. The van der Waals surface area contributed by atoms with Crippen LogP contribution in [-0.2, 0) is 0 Å². The number of rotatable bonds is 3. The minimum absolute atomic E-state index is 0.794. The van der Waals surface area contributed by atoms with Gasteiger partial charge in [-0.05, 0) is 32.7 Å². The average Bonchev–Trinajstić information content (AvgIpc) is 2.15. The van der Waals surface area contributed by atoms with E-state index in [0.717, 1.165) is 18.0 Å². The van der Waals surface area contributed by atoms with E-state index in [9.17, 15) is 0 Å². The topological polar surface area (TPSA) is 15.3 Å². The van der Waals surface area contributed by atoms with E-state index in [1.54, 1.807) is 0 Å². The molecule has 0 bridgehead atoms. The Balaban J connectivity index is 1.82. The van der Waals surface area contributed by atoms with Crippen molar-refractivity contribution in [3.63, 3.8) is 0 Å². The highest BCUT2D eigenvalue weighted by Crippen LogP contribution is 2.29. The van der Waals surface area contributed by atoms with Gasteiger partial charge in [0.2, 0.25) is 0 Å². The molecule has 1 unspecified atom stereocenters. The summed E-state index contributed by atoms with van der Waals surface area (Å²) in [6.45, 7) is 4.83. The largest absolute Gasteiger partial charge is 0.314 e. The SMILES string of the molecule is CC(C1CCCCC1)N(C)C1CNC1. The van der Waals surface area contributed by atoms with Crippen LogP contribution in [0.2, 0.25) is 0 Å². The van der Waals surface area contributed by atoms with Gasteiger partial charge in [-0.15, -0.1) is 0 Å². The van der Waals surface area contributed by atoms with Gasteiger partial charge in [0.1, 0.15) is 0 Å². The molecule has 2 nitrogen and oxygen atoms in total. The zero-order valence-electron chi connectivity index (χ0n) is 9.63. The van der Waals surface area contributed by atoms with Gasteiger partial charge in [-0.25, -0.2) is 0 Å². The van der Waals surface area contributed by atoms with Crippen LogP contribution in [0, 0.1) is 5.92 Å². The summed E-state index contributed by atoms with van der Waals surface area (Å²) in [5, 5.41) is 3.36. The van der Waals surface area contributed by atoms with Gasteiger partial charge >= 0.3 is 0 Å². The Bertz CT molecular complexity index is 169. The Labute approximate surface area is 88.1 Å². The standard InChI is InChI=1S/C12H24N2/c1-10(11-6-4-3-5-7-11)14(2)12-8-13-9-12/h10-13H,3-9H2,1-2H3. The molecule has 1 saturated heterocycles. The molecule has 1 heterocycles. The molecule has 14 heavy (non-hydrogen) atoms. The van der Waals surface area contributed by atoms with Gasteiger partial charge in [-0.3, -0.25) is 4.90 Å². The lowest BCUT2D eigenvalue weighted by Gasteiger charge is -2.43. The molecule has 1 saturated carbocycles. The van der Waals surface area contributed by atoms with Crippen LogP contribution >= 0.6 is 0 Å². The minimum Gasteiger partial charge on any atom is -0.314 e. The molecule has 0 amide bonds. The maximum Gasteiger partial charge on any atom is 0.0345 e. The second-order valence-corrected chi connectivity index (χ2v) is 5.12. The Kier molecular flexibility index (Phi) is 3.45. The second kappa shape index (κ2) is 4.63. The second-order valence-electron chi connectivity index (χ2n) is 5.12. The predicted molar refractivity (Wildman–Crippen MR) is 60.5 cm³/mol. The minimum atomic E-state index is 0.794. The van der Waals surface area contributed by atoms with Crippen molar-refractivity contribution in [3.8, 4) is 0 Å². The van der Waals surface area contributed by atoms with Gasteiger partial charge in [0.05, 0.1) is 0 Å². The van der Waals surface area contributed by atoms with Crippen LogP contribution < -0.4 is 5.32 Å². The summed E-state index contributed by atoms with van der Waals surface area (Å²) >= 11 is 0. The number of hydrogen-bond donors (Lipinski definition) is 1. The Morgan fingerprint density at radius 2 is 1.79 bits per heavy atom. The molecule has 82 valence electrons. The smallest absolute Gasteiger partial charge is 0.0345 e. The van der Waals surface area contributed by atoms with Gasteiger partial charge in [0.15, 0.2) is 0 Å². The summed E-state index contributed by atoms with van der Waals surface area (Å²) < 4.78 is 0. The van der Waals surface area contributed by atoms with Crippen molar-refractivity contribution in [1.29, 1.82) is 0 Å². The highest BCUT2D eigenvalue weighted by atomic mass is 15.2. The molecular weight excluding hydrogens is 172 g/mol. The fraction of sp³-hybridized carbons (Fsp3) is 1.00. The summed E-state index contributed by atoms with van der Waals surface area (Å²) in [6, 6.07) is 1.61. The van der Waals surface area contributed by atoms with Crippen LogP contribution in [-0.4, -0.2) is 37.1 Å². The van der Waals surface area contributed by atoms with Gasteiger partial charge < -0.3 is 5.32 Å². The van der Waals surface area contributed by atoms with Crippen LogP contribution in [0.5, 0.6) is 0 Å². The molecule has 2 aliphatic rings. The zero-order valence-corrected chi connectivity index (χ0v) is 9.63. The third-order valence-corrected chi connectivity index (χ3v) is 4.31. The summed E-state index contributed by atoms with van der Waals surface area (Å²) in [5.74, 6) is 0.967. The van der Waals surface area contributed by atoms with Crippen molar-refractivity contribution in [3.05, 3.63) is 0 Å². The van der Waals surface area contributed by atoms with Crippen molar-refractivity contribution >= 4 is 0 Å². The lowest BCUT2D eigenvalue weighted by molar-refractivity contribution is 0.0855. The first kappa shape index (κ1) is 10.4. The van der Waals surface area contributed by atoms with Gasteiger partial charge in [0, 0.05) is 25.2 Å². The molecule has 2 fully saturated rings. The molecule has 1 aliphatic carbocycles. The van der Waals surface area contributed by atoms with Crippen molar-refractivity contribution in [2.75, 3.05) is 20.1 Å². The van der Waals surface area contributed by atoms with Gasteiger partial charge in [-0.2, -0.15) is 0 Å². The van der Waals surface area contributed by atoms with Gasteiger partial charge in [-0.1, -0.05) is 19.3 Å². The van der Waals surface area contributed by atoms with Crippen molar-refractivity contribution in [2.45, 2.75) is 51.1 Å². The Morgan fingerprint density at radius 3 is 2.29 bits per heavy atom. The quantitative estimate of drug-likeness (QED) is 0.741. The third kappa shape index (κ3) is 2.12. The van der Waals surface area contributed by atoms with E-state index in [1.807, 2.05) is 0 Å². The first-order valence-corrected chi connectivity index (χ1v) is 6.21. The molecule has 1 aliphatic heterocycles. The van der Waals surface area contributed by atoms with Crippen LogP contribution in [0.4, 0.5) is 0 Å². The third-order valence-electron chi connectivity index (χ3n) is 4.31. The fourth-order valence-electron chi connectivity index (χ4n) is 2.84. The van der Waals surface area contributed by atoms with Crippen molar-refractivity contribution in [2.24, 2.45) is 5.92 Å². The summed E-state index contributed by atoms with van der Waals surface area (Å²) in [5.41, 5.74) is 0. The highest BCUT2D eigenvalue weighted by Gasteiger charge is 2.29. The molecule has 1 atom stereocenters. The lowest BCUT2D eigenvalue weighted by Crippen LogP contribution is -2.59. The fourth-order valence-corrected chi connectivity index (χ4v) is 2.84.